The Hall–Kier alpha value is -0.830. The average molecular weight is 233 g/mol. The fraction of sp³-hybridized carbons (Fsp3) is 0.786. The summed E-state index contributed by atoms with van der Waals surface area (Å²) in [6, 6.07) is 0.642. The summed E-state index contributed by atoms with van der Waals surface area (Å²) in [5.41, 5.74) is 1.46. The molecule has 2 atom stereocenters. The van der Waals surface area contributed by atoms with E-state index in [9.17, 15) is 0 Å². The van der Waals surface area contributed by atoms with Gasteiger partial charge in [-0.1, -0.05) is 6.42 Å². The normalized spacial score (nSPS) is 27.7. The van der Waals surface area contributed by atoms with E-state index in [0.29, 0.717) is 12.0 Å². The monoisotopic (exact) mass is 233 g/mol. The van der Waals surface area contributed by atoms with E-state index in [4.69, 9.17) is 0 Å². The van der Waals surface area contributed by atoms with E-state index in [2.05, 4.69) is 28.0 Å². The Balaban J connectivity index is 1.77. The van der Waals surface area contributed by atoms with E-state index >= 15 is 0 Å². The molecular weight excluding hydrogens is 210 g/mol. The maximum Gasteiger partial charge on any atom is 0.0950 e. The molecule has 1 aromatic rings. The van der Waals surface area contributed by atoms with Crippen molar-refractivity contribution in [2.24, 2.45) is 5.92 Å². The number of hydrogen-bond acceptors (Lipinski definition) is 2. The van der Waals surface area contributed by atoms with Crippen LogP contribution in [0.15, 0.2) is 12.5 Å². The molecule has 2 unspecified atom stereocenters. The van der Waals surface area contributed by atoms with Crippen molar-refractivity contribution in [1.82, 2.24) is 14.9 Å². The van der Waals surface area contributed by atoms with Crippen LogP contribution in [-0.2, 0) is 0 Å². The molecule has 1 aromatic heterocycles. The van der Waals surface area contributed by atoms with Crippen molar-refractivity contribution in [3.8, 4) is 0 Å². The minimum absolute atomic E-state index is 0.642. The SMILES string of the molecule is CC(C1CCC1)n1cncc1C1CCCNC1. The van der Waals surface area contributed by atoms with Crippen molar-refractivity contribution in [3.05, 3.63) is 18.2 Å². The van der Waals surface area contributed by atoms with Gasteiger partial charge in [-0.3, -0.25) is 0 Å². The minimum Gasteiger partial charge on any atom is -0.331 e. The first-order chi connectivity index (χ1) is 8.36. The van der Waals surface area contributed by atoms with Gasteiger partial charge < -0.3 is 9.88 Å². The lowest BCUT2D eigenvalue weighted by molar-refractivity contribution is 0.217. The molecule has 1 saturated heterocycles. The summed E-state index contributed by atoms with van der Waals surface area (Å²) in [4.78, 5) is 4.39. The highest BCUT2D eigenvalue weighted by Gasteiger charge is 2.28. The smallest absolute Gasteiger partial charge is 0.0950 e. The zero-order valence-corrected chi connectivity index (χ0v) is 10.7. The first kappa shape index (κ1) is 11.3. The van der Waals surface area contributed by atoms with Gasteiger partial charge in [0.05, 0.1) is 6.33 Å². The highest BCUT2D eigenvalue weighted by atomic mass is 15.1. The molecule has 17 heavy (non-hydrogen) atoms. The zero-order chi connectivity index (χ0) is 11.7. The van der Waals surface area contributed by atoms with Gasteiger partial charge >= 0.3 is 0 Å². The second kappa shape index (κ2) is 4.81. The maximum absolute atomic E-state index is 4.39. The Morgan fingerprint density at radius 3 is 2.88 bits per heavy atom. The molecule has 2 aliphatic rings. The molecule has 0 amide bonds. The number of nitrogens with zero attached hydrogens (tertiary/aromatic N) is 2. The highest BCUT2D eigenvalue weighted by Crippen LogP contribution is 2.37. The molecule has 1 aliphatic heterocycles. The molecule has 0 aromatic carbocycles. The molecule has 1 saturated carbocycles. The summed E-state index contributed by atoms with van der Waals surface area (Å²) < 4.78 is 2.45. The fourth-order valence-electron chi connectivity index (χ4n) is 3.23. The Labute approximate surface area is 104 Å². The van der Waals surface area contributed by atoms with Crippen LogP contribution in [0.25, 0.3) is 0 Å². The third-order valence-electron chi connectivity index (χ3n) is 4.68. The Morgan fingerprint density at radius 2 is 2.24 bits per heavy atom. The first-order valence-corrected chi connectivity index (χ1v) is 7.08. The van der Waals surface area contributed by atoms with E-state index < -0.39 is 0 Å². The van der Waals surface area contributed by atoms with Gasteiger partial charge in [0.25, 0.3) is 0 Å². The summed E-state index contributed by atoms with van der Waals surface area (Å²) in [5, 5.41) is 3.51. The Kier molecular flexibility index (Phi) is 3.19. The van der Waals surface area contributed by atoms with Crippen LogP contribution in [0, 0.1) is 5.92 Å². The van der Waals surface area contributed by atoms with Crippen molar-refractivity contribution >= 4 is 0 Å². The average Bonchev–Trinajstić information content (AvgIpc) is 2.76. The molecule has 3 rings (SSSR count). The third kappa shape index (κ3) is 2.13. The number of nitrogens with one attached hydrogen (secondary N) is 1. The number of aromatic nitrogens is 2. The van der Waals surface area contributed by atoms with Gasteiger partial charge in [0.2, 0.25) is 0 Å². The number of piperidine rings is 1. The van der Waals surface area contributed by atoms with Crippen molar-refractivity contribution in [2.75, 3.05) is 13.1 Å². The molecule has 94 valence electrons. The third-order valence-corrected chi connectivity index (χ3v) is 4.68. The van der Waals surface area contributed by atoms with Crippen LogP contribution in [0.4, 0.5) is 0 Å². The molecule has 3 heteroatoms. The fourth-order valence-corrected chi connectivity index (χ4v) is 3.23. The molecule has 1 N–H and O–H groups in total. The molecule has 0 bridgehead atoms. The van der Waals surface area contributed by atoms with Crippen LogP contribution in [0.1, 0.15) is 56.7 Å². The maximum atomic E-state index is 4.39. The van der Waals surface area contributed by atoms with Gasteiger partial charge in [-0.2, -0.15) is 0 Å². The van der Waals surface area contributed by atoms with Gasteiger partial charge in [-0.25, -0.2) is 4.98 Å². The van der Waals surface area contributed by atoms with E-state index in [1.54, 1.807) is 0 Å². The Morgan fingerprint density at radius 1 is 1.35 bits per heavy atom. The number of rotatable bonds is 3. The predicted molar refractivity (Wildman–Crippen MR) is 69.1 cm³/mol. The second-order valence-electron chi connectivity index (χ2n) is 5.70. The van der Waals surface area contributed by atoms with E-state index in [1.165, 1.54) is 44.3 Å². The van der Waals surface area contributed by atoms with Crippen LogP contribution in [-0.4, -0.2) is 22.6 Å². The lowest BCUT2D eigenvalue weighted by Gasteiger charge is -2.34. The van der Waals surface area contributed by atoms with Gasteiger partial charge in [0, 0.05) is 30.4 Å². The van der Waals surface area contributed by atoms with Crippen LogP contribution in [0.2, 0.25) is 0 Å². The largest absolute Gasteiger partial charge is 0.331 e. The quantitative estimate of drug-likeness (QED) is 0.870. The summed E-state index contributed by atoms with van der Waals surface area (Å²) in [7, 11) is 0. The second-order valence-corrected chi connectivity index (χ2v) is 5.70. The van der Waals surface area contributed by atoms with Gasteiger partial charge in [-0.05, 0) is 45.1 Å². The molecule has 2 heterocycles. The standard InChI is InChI=1S/C14H23N3/c1-11(12-4-2-5-12)17-10-16-9-14(17)13-6-3-7-15-8-13/h9-13,15H,2-8H2,1H3. The minimum atomic E-state index is 0.642. The van der Waals surface area contributed by atoms with Gasteiger partial charge in [0.15, 0.2) is 0 Å². The topological polar surface area (TPSA) is 29.9 Å². The molecular formula is C14H23N3. The van der Waals surface area contributed by atoms with Crippen molar-refractivity contribution in [3.63, 3.8) is 0 Å². The van der Waals surface area contributed by atoms with Crippen molar-refractivity contribution in [2.45, 2.75) is 51.0 Å². The first-order valence-electron chi connectivity index (χ1n) is 7.08. The molecule has 3 nitrogen and oxygen atoms in total. The molecule has 0 radical (unpaired) electrons. The van der Waals surface area contributed by atoms with Crippen LogP contribution < -0.4 is 5.32 Å². The number of hydrogen-bond donors (Lipinski definition) is 1. The van der Waals surface area contributed by atoms with Crippen molar-refractivity contribution in [1.29, 1.82) is 0 Å². The summed E-state index contributed by atoms with van der Waals surface area (Å²) in [6.07, 6.45) is 11.0. The van der Waals surface area contributed by atoms with Gasteiger partial charge in [-0.15, -0.1) is 0 Å². The lowest BCUT2D eigenvalue weighted by Crippen LogP contribution is -2.31. The van der Waals surface area contributed by atoms with Crippen molar-refractivity contribution < 1.29 is 0 Å². The van der Waals surface area contributed by atoms with E-state index in [0.717, 1.165) is 12.5 Å². The summed E-state index contributed by atoms with van der Waals surface area (Å²) in [6.45, 7) is 4.68. The van der Waals surface area contributed by atoms with E-state index in [-0.39, 0.29) is 0 Å². The van der Waals surface area contributed by atoms with Crippen LogP contribution in [0.5, 0.6) is 0 Å². The molecule has 1 aliphatic carbocycles. The highest BCUT2D eigenvalue weighted by molar-refractivity contribution is 5.10. The molecule has 0 spiro atoms. The predicted octanol–water partition coefficient (Wildman–Crippen LogP) is 2.71. The van der Waals surface area contributed by atoms with Gasteiger partial charge in [0.1, 0.15) is 0 Å². The van der Waals surface area contributed by atoms with Crippen LogP contribution in [0.3, 0.4) is 0 Å². The van der Waals surface area contributed by atoms with E-state index in [1.807, 2.05) is 6.33 Å². The summed E-state index contributed by atoms with van der Waals surface area (Å²) in [5.74, 6) is 1.56. The zero-order valence-electron chi connectivity index (χ0n) is 10.7. The summed E-state index contributed by atoms with van der Waals surface area (Å²) >= 11 is 0. The molecule has 2 fully saturated rings. The number of imidazole rings is 1. The Bertz CT molecular complexity index is 345. The lowest BCUT2D eigenvalue weighted by atomic mass is 9.80. The van der Waals surface area contributed by atoms with Crippen LogP contribution >= 0.6 is 0 Å².